The molecule has 0 atom stereocenters. The van der Waals surface area contributed by atoms with Gasteiger partial charge in [-0.05, 0) is 12.1 Å². The van der Waals surface area contributed by atoms with E-state index in [1.54, 1.807) is 6.07 Å². The molecule has 2 aromatic heterocycles. The molecular formula is C11H7F5N4. The van der Waals surface area contributed by atoms with E-state index in [1.807, 2.05) is 0 Å². The molecule has 0 radical (unpaired) electrons. The van der Waals surface area contributed by atoms with Gasteiger partial charge in [0, 0.05) is 19.0 Å². The Balaban J connectivity index is 2.30. The fourth-order valence-electron chi connectivity index (χ4n) is 1.65. The van der Waals surface area contributed by atoms with Crippen LogP contribution in [0.25, 0.3) is 5.52 Å². The van der Waals surface area contributed by atoms with Gasteiger partial charge in [-0.25, -0.2) is 9.50 Å². The topological polar surface area (TPSA) is 54.0 Å². The van der Waals surface area contributed by atoms with Crippen molar-refractivity contribution in [3.8, 4) is 6.07 Å². The minimum Gasteiger partial charge on any atom is -0.220 e. The van der Waals surface area contributed by atoms with Gasteiger partial charge < -0.3 is 0 Å². The van der Waals surface area contributed by atoms with E-state index in [2.05, 4.69) is 10.1 Å². The lowest BCUT2D eigenvalue weighted by atomic mass is 10.1. The second-order valence-electron chi connectivity index (χ2n) is 4.01. The minimum absolute atomic E-state index is 0.0663. The number of hydrogen-bond acceptors (Lipinski definition) is 3. The maximum atomic E-state index is 12.9. The van der Waals surface area contributed by atoms with Crippen molar-refractivity contribution in [2.24, 2.45) is 0 Å². The first-order chi connectivity index (χ1) is 9.26. The zero-order valence-corrected chi connectivity index (χ0v) is 9.82. The number of aromatic nitrogens is 3. The van der Waals surface area contributed by atoms with E-state index in [4.69, 9.17) is 5.26 Å². The van der Waals surface area contributed by atoms with Crippen molar-refractivity contribution in [2.75, 3.05) is 0 Å². The van der Waals surface area contributed by atoms with Crippen molar-refractivity contribution in [3.05, 3.63) is 29.8 Å². The van der Waals surface area contributed by atoms with E-state index in [1.165, 1.54) is 18.3 Å². The number of imidazole rings is 1. The number of fused-ring (bicyclic) bond motifs is 1. The van der Waals surface area contributed by atoms with Gasteiger partial charge in [0.1, 0.15) is 17.4 Å². The highest BCUT2D eigenvalue weighted by molar-refractivity contribution is 5.57. The molecule has 20 heavy (non-hydrogen) atoms. The molecule has 0 amide bonds. The molecule has 2 rings (SSSR count). The van der Waals surface area contributed by atoms with Gasteiger partial charge in [0.05, 0.1) is 0 Å². The molecule has 106 valence electrons. The molecule has 9 heteroatoms. The third-order valence-corrected chi connectivity index (χ3v) is 2.66. The third kappa shape index (κ3) is 2.41. The molecule has 0 unspecified atom stereocenters. The highest BCUT2D eigenvalue weighted by Gasteiger charge is 2.56. The molecule has 0 saturated heterocycles. The summed E-state index contributed by atoms with van der Waals surface area (Å²) in [7, 11) is 0. The number of halogens is 5. The summed E-state index contributed by atoms with van der Waals surface area (Å²) < 4.78 is 63.0. The van der Waals surface area contributed by atoms with Gasteiger partial charge in [-0.2, -0.15) is 32.3 Å². The standard InChI is InChI=1S/C11H7F5N4/c12-10(13,11(14,15)16)4-3-9-19-7(6-17)8-2-1-5-18-20(8)9/h1-2,5H,3-4H2. The van der Waals surface area contributed by atoms with Crippen molar-refractivity contribution in [2.45, 2.75) is 24.9 Å². The average molecular weight is 290 g/mol. The van der Waals surface area contributed by atoms with Crippen molar-refractivity contribution < 1.29 is 22.0 Å². The number of aryl methyl sites for hydroxylation is 1. The Morgan fingerprint density at radius 3 is 2.55 bits per heavy atom. The highest BCUT2D eigenvalue weighted by Crippen LogP contribution is 2.38. The maximum absolute atomic E-state index is 12.9. The van der Waals surface area contributed by atoms with E-state index in [-0.39, 0.29) is 17.0 Å². The number of alkyl halides is 5. The summed E-state index contributed by atoms with van der Waals surface area (Å²) in [6, 6.07) is 4.72. The van der Waals surface area contributed by atoms with Crippen LogP contribution in [-0.2, 0) is 6.42 Å². The van der Waals surface area contributed by atoms with Crippen LogP contribution in [0.3, 0.4) is 0 Å². The van der Waals surface area contributed by atoms with Crippen LogP contribution in [0.1, 0.15) is 17.9 Å². The molecule has 0 fully saturated rings. The van der Waals surface area contributed by atoms with Crippen molar-refractivity contribution in [3.63, 3.8) is 0 Å². The molecular weight excluding hydrogens is 283 g/mol. The molecule has 0 saturated carbocycles. The summed E-state index contributed by atoms with van der Waals surface area (Å²) in [5.74, 6) is -4.92. The molecule has 2 heterocycles. The van der Waals surface area contributed by atoms with E-state index in [9.17, 15) is 22.0 Å². The predicted octanol–water partition coefficient (Wildman–Crippen LogP) is 2.73. The van der Waals surface area contributed by atoms with Gasteiger partial charge in [-0.15, -0.1) is 0 Å². The molecule has 0 aliphatic carbocycles. The second kappa shape index (κ2) is 4.70. The summed E-state index contributed by atoms with van der Waals surface area (Å²) in [5.41, 5.74) is 0.198. The molecule has 0 bridgehead atoms. The Bertz CT molecular complexity index is 667. The van der Waals surface area contributed by atoms with Gasteiger partial charge in [0.2, 0.25) is 0 Å². The van der Waals surface area contributed by atoms with Crippen LogP contribution in [0.4, 0.5) is 22.0 Å². The highest BCUT2D eigenvalue weighted by atomic mass is 19.4. The van der Waals surface area contributed by atoms with Crippen molar-refractivity contribution in [1.29, 1.82) is 5.26 Å². The lowest BCUT2D eigenvalue weighted by Crippen LogP contribution is -2.36. The molecule has 0 N–H and O–H groups in total. The van der Waals surface area contributed by atoms with Gasteiger partial charge in [0.15, 0.2) is 5.69 Å². The van der Waals surface area contributed by atoms with E-state index >= 15 is 0 Å². The normalized spacial score (nSPS) is 12.6. The second-order valence-corrected chi connectivity index (χ2v) is 4.01. The number of rotatable bonds is 3. The summed E-state index contributed by atoms with van der Waals surface area (Å²) >= 11 is 0. The quantitative estimate of drug-likeness (QED) is 0.817. The zero-order valence-electron chi connectivity index (χ0n) is 9.82. The van der Waals surface area contributed by atoms with Crippen LogP contribution >= 0.6 is 0 Å². The molecule has 0 aliphatic heterocycles. The minimum atomic E-state index is -5.61. The fourth-order valence-corrected chi connectivity index (χ4v) is 1.65. The van der Waals surface area contributed by atoms with Gasteiger partial charge in [-0.3, -0.25) is 0 Å². The van der Waals surface area contributed by atoms with Gasteiger partial charge >= 0.3 is 12.1 Å². The molecule has 2 aromatic rings. The van der Waals surface area contributed by atoms with Crippen LogP contribution in [-0.4, -0.2) is 26.7 Å². The Labute approximate surface area is 109 Å². The largest absolute Gasteiger partial charge is 0.453 e. The van der Waals surface area contributed by atoms with Crippen LogP contribution in [0.5, 0.6) is 0 Å². The number of hydrogen-bond donors (Lipinski definition) is 0. The first-order valence-corrected chi connectivity index (χ1v) is 5.43. The summed E-state index contributed by atoms with van der Waals surface area (Å²) in [6.45, 7) is 0. The first-order valence-electron chi connectivity index (χ1n) is 5.43. The smallest absolute Gasteiger partial charge is 0.220 e. The summed E-state index contributed by atoms with van der Waals surface area (Å²) in [4.78, 5) is 3.73. The third-order valence-electron chi connectivity index (χ3n) is 2.66. The van der Waals surface area contributed by atoms with Crippen LogP contribution in [0.15, 0.2) is 18.3 Å². The Morgan fingerprint density at radius 2 is 1.95 bits per heavy atom. The zero-order chi connectivity index (χ0) is 15.0. The Hall–Kier alpha value is -2.24. The number of nitrogens with zero attached hydrogens (tertiary/aromatic N) is 4. The van der Waals surface area contributed by atoms with Crippen LogP contribution in [0.2, 0.25) is 0 Å². The van der Waals surface area contributed by atoms with Gasteiger partial charge in [-0.1, -0.05) is 0 Å². The van der Waals surface area contributed by atoms with Crippen molar-refractivity contribution >= 4 is 5.52 Å². The average Bonchev–Trinajstić information content (AvgIpc) is 2.73. The van der Waals surface area contributed by atoms with E-state index in [0.29, 0.717) is 0 Å². The Kier molecular flexibility index (Phi) is 3.33. The van der Waals surface area contributed by atoms with Crippen LogP contribution < -0.4 is 0 Å². The first kappa shape index (κ1) is 14.2. The van der Waals surface area contributed by atoms with Gasteiger partial charge in [0.25, 0.3) is 0 Å². The lowest BCUT2D eigenvalue weighted by Gasteiger charge is -2.18. The maximum Gasteiger partial charge on any atom is 0.453 e. The SMILES string of the molecule is N#Cc1nc(CCC(F)(F)C(F)(F)F)n2ncccc12. The van der Waals surface area contributed by atoms with E-state index < -0.39 is 24.9 Å². The molecule has 0 aliphatic rings. The molecule has 4 nitrogen and oxygen atoms in total. The lowest BCUT2D eigenvalue weighted by molar-refractivity contribution is -0.284. The van der Waals surface area contributed by atoms with E-state index in [0.717, 1.165) is 4.52 Å². The fraction of sp³-hybridized carbons (Fsp3) is 0.364. The van der Waals surface area contributed by atoms with Crippen LogP contribution in [0, 0.1) is 11.3 Å². The summed E-state index contributed by atoms with van der Waals surface area (Å²) in [5, 5.41) is 12.6. The Morgan fingerprint density at radius 1 is 1.25 bits per heavy atom. The number of nitriles is 1. The molecule has 0 spiro atoms. The molecule has 0 aromatic carbocycles. The monoisotopic (exact) mass is 290 g/mol. The summed E-state index contributed by atoms with van der Waals surface area (Å²) in [6.07, 6.45) is -6.38. The predicted molar refractivity (Wildman–Crippen MR) is 57.0 cm³/mol. The van der Waals surface area contributed by atoms with Crippen molar-refractivity contribution in [1.82, 2.24) is 14.6 Å².